The molecule has 1 amide bonds. The zero-order valence-electron chi connectivity index (χ0n) is 9.26. The summed E-state index contributed by atoms with van der Waals surface area (Å²) in [4.78, 5) is 25.0. The standard InChI is InChI=1S/C12H13NO3S/c14-11(13-6-1-7-13)8-17-10-4-2-9(3-5-10)12(15)16/h2-5H,1,6-8H2,(H,15,16). The molecule has 0 bridgehead atoms. The third kappa shape index (κ3) is 3.00. The van der Waals surface area contributed by atoms with E-state index in [4.69, 9.17) is 5.11 Å². The van der Waals surface area contributed by atoms with Crippen molar-refractivity contribution in [2.45, 2.75) is 11.3 Å². The smallest absolute Gasteiger partial charge is 0.335 e. The molecule has 0 atom stereocenters. The Morgan fingerprint density at radius 3 is 2.35 bits per heavy atom. The first kappa shape index (κ1) is 12.0. The Bertz CT molecular complexity index is 426. The van der Waals surface area contributed by atoms with E-state index in [-0.39, 0.29) is 11.5 Å². The van der Waals surface area contributed by atoms with Crippen LogP contribution in [0, 0.1) is 0 Å². The second-order valence-corrected chi connectivity index (χ2v) is 4.90. The third-order valence-electron chi connectivity index (χ3n) is 2.67. The number of nitrogens with zero attached hydrogens (tertiary/aromatic N) is 1. The van der Waals surface area contributed by atoms with Crippen LogP contribution in [0.2, 0.25) is 0 Å². The first-order valence-electron chi connectivity index (χ1n) is 5.41. The lowest BCUT2D eigenvalue weighted by Gasteiger charge is -2.30. The van der Waals surface area contributed by atoms with Gasteiger partial charge in [-0.3, -0.25) is 4.79 Å². The normalized spacial score (nSPS) is 14.2. The first-order chi connectivity index (χ1) is 8.16. The van der Waals surface area contributed by atoms with Crippen LogP contribution in [0.5, 0.6) is 0 Å². The predicted octanol–water partition coefficient (Wildman–Crippen LogP) is 1.71. The van der Waals surface area contributed by atoms with Crippen molar-refractivity contribution in [3.05, 3.63) is 29.8 Å². The molecule has 1 heterocycles. The molecule has 1 aromatic rings. The Labute approximate surface area is 104 Å². The van der Waals surface area contributed by atoms with Crippen molar-refractivity contribution >= 4 is 23.6 Å². The number of aromatic carboxylic acids is 1. The molecule has 0 unspecified atom stereocenters. The maximum Gasteiger partial charge on any atom is 0.335 e. The summed E-state index contributed by atoms with van der Waals surface area (Å²) in [6.07, 6.45) is 1.10. The molecule has 4 nitrogen and oxygen atoms in total. The van der Waals surface area contributed by atoms with Gasteiger partial charge in [0.05, 0.1) is 11.3 Å². The van der Waals surface area contributed by atoms with Gasteiger partial charge in [-0.2, -0.15) is 0 Å². The Morgan fingerprint density at radius 1 is 1.24 bits per heavy atom. The van der Waals surface area contributed by atoms with Gasteiger partial charge in [0.2, 0.25) is 5.91 Å². The molecule has 5 heteroatoms. The number of hydrogen-bond acceptors (Lipinski definition) is 3. The molecule has 0 radical (unpaired) electrons. The van der Waals surface area contributed by atoms with Crippen molar-refractivity contribution in [1.82, 2.24) is 4.90 Å². The van der Waals surface area contributed by atoms with E-state index in [1.54, 1.807) is 24.3 Å². The summed E-state index contributed by atoms with van der Waals surface area (Å²) in [5.74, 6) is -0.353. The van der Waals surface area contributed by atoms with Crippen LogP contribution in [-0.2, 0) is 4.79 Å². The van der Waals surface area contributed by atoms with Crippen LogP contribution in [-0.4, -0.2) is 40.7 Å². The predicted molar refractivity (Wildman–Crippen MR) is 65.3 cm³/mol. The van der Waals surface area contributed by atoms with Crippen LogP contribution in [0.25, 0.3) is 0 Å². The van der Waals surface area contributed by atoms with E-state index < -0.39 is 5.97 Å². The minimum absolute atomic E-state index is 0.156. The summed E-state index contributed by atoms with van der Waals surface area (Å²) >= 11 is 1.44. The molecule has 1 fully saturated rings. The molecular formula is C12H13NO3S. The van der Waals surface area contributed by atoms with Gasteiger partial charge < -0.3 is 10.0 Å². The van der Waals surface area contributed by atoms with Gasteiger partial charge in [-0.15, -0.1) is 11.8 Å². The highest BCUT2D eigenvalue weighted by atomic mass is 32.2. The van der Waals surface area contributed by atoms with Gasteiger partial charge in [-0.25, -0.2) is 4.79 Å². The van der Waals surface area contributed by atoms with Crippen molar-refractivity contribution < 1.29 is 14.7 Å². The van der Waals surface area contributed by atoms with E-state index in [1.807, 2.05) is 4.90 Å². The molecule has 1 saturated heterocycles. The van der Waals surface area contributed by atoms with Crippen molar-refractivity contribution in [1.29, 1.82) is 0 Å². The molecule has 1 aliphatic rings. The van der Waals surface area contributed by atoms with Crippen molar-refractivity contribution in [3.8, 4) is 0 Å². The second kappa shape index (κ2) is 5.23. The number of amides is 1. The molecule has 0 spiro atoms. The summed E-state index contributed by atoms with van der Waals surface area (Å²) in [6.45, 7) is 1.74. The number of thioether (sulfide) groups is 1. The number of likely N-dealkylation sites (tertiary alicyclic amines) is 1. The van der Waals surface area contributed by atoms with E-state index >= 15 is 0 Å². The highest BCUT2D eigenvalue weighted by molar-refractivity contribution is 8.00. The van der Waals surface area contributed by atoms with Gasteiger partial charge in [0.15, 0.2) is 0 Å². The van der Waals surface area contributed by atoms with E-state index in [0.717, 1.165) is 24.4 Å². The Hall–Kier alpha value is -1.49. The van der Waals surface area contributed by atoms with Crippen LogP contribution >= 0.6 is 11.8 Å². The lowest BCUT2D eigenvalue weighted by atomic mass is 10.2. The van der Waals surface area contributed by atoms with Gasteiger partial charge in [0, 0.05) is 18.0 Å². The fourth-order valence-corrected chi connectivity index (χ4v) is 2.30. The second-order valence-electron chi connectivity index (χ2n) is 3.85. The maximum absolute atomic E-state index is 11.6. The van der Waals surface area contributed by atoms with E-state index in [9.17, 15) is 9.59 Å². The zero-order valence-corrected chi connectivity index (χ0v) is 10.1. The van der Waals surface area contributed by atoms with Gasteiger partial charge >= 0.3 is 5.97 Å². The fraction of sp³-hybridized carbons (Fsp3) is 0.333. The molecule has 90 valence electrons. The van der Waals surface area contributed by atoms with Gasteiger partial charge in [-0.05, 0) is 30.7 Å². The molecule has 1 N–H and O–H groups in total. The summed E-state index contributed by atoms with van der Waals surface area (Å²) in [7, 11) is 0. The van der Waals surface area contributed by atoms with Gasteiger partial charge in [0.1, 0.15) is 0 Å². The van der Waals surface area contributed by atoms with Crippen molar-refractivity contribution in [2.24, 2.45) is 0 Å². The molecule has 0 aromatic heterocycles. The summed E-state index contributed by atoms with van der Waals surface area (Å²) < 4.78 is 0. The highest BCUT2D eigenvalue weighted by Crippen LogP contribution is 2.20. The largest absolute Gasteiger partial charge is 0.478 e. The van der Waals surface area contributed by atoms with Gasteiger partial charge in [0.25, 0.3) is 0 Å². The maximum atomic E-state index is 11.6. The van der Waals surface area contributed by atoms with Crippen molar-refractivity contribution in [3.63, 3.8) is 0 Å². The number of carbonyl (C=O) groups is 2. The zero-order chi connectivity index (χ0) is 12.3. The molecule has 0 aliphatic carbocycles. The quantitative estimate of drug-likeness (QED) is 0.828. The molecule has 1 aromatic carbocycles. The minimum Gasteiger partial charge on any atom is -0.478 e. The number of carboxylic acid groups (broad SMARTS) is 1. The van der Waals surface area contributed by atoms with Crippen LogP contribution in [0.3, 0.4) is 0 Å². The summed E-state index contributed by atoms with van der Waals surface area (Å²) in [5.41, 5.74) is 0.267. The Kier molecular flexibility index (Phi) is 3.68. The average molecular weight is 251 g/mol. The summed E-state index contributed by atoms with van der Waals surface area (Å²) in [5, 5.41) is 8.74. The molecule has 0 saturated carbocycles. The topological polar surface area (TPSA) is 57.6 Å². The lowest BCUT2D eigenvalue weighted by molar-refractivity contribution is -0.131. The lowest BCUT2D eigenvalue weighted by Crippen LogP contribution is -2.42. The number of carbonyl (C=O) groups excluding carboxylic acids is 1. The number of rotatable bonds is 4. The number of carboxylic acids is 1. The third-order valence-corrected chi connectivity index (χ3v) is 3.67. The molecular weight excluding hydrogens is 238 g/mol. The SMILES string of the molecule is O=C(O)c1ccc(SCC(=O)N2CCC2)cc1. The van der Waals surface area contributed by atoms with Crippen LogP contribution in [0.1, 0.15) is 16.8 Å². The first-order valence-corrected chi connectivity index (χ1v) is 6.39. The average Bonchev–Trinajstić information content (AvgIpc) is 2.24. The number of hydrogen-bond donors (Lipinski definition) is 1. The van der Waals surface area contributed by atoms with Crippen LogP contribution in [0.15, 0.2) is 29.2 Å². The minimum atomic E-state index is -0.932. The van der Waals surface area contributed by atoms with Crippen LogP contribution in [0.4, 0.5) is 0 Å². The van der Waals surface area contributed by atoms with E-state index in [2.05, 4.69) is 0 Å². The molecule has 1 aliphatic heterocycles. The van der Waals surface area contributed by atoms with Crippen LogP contribution < -0.4 is 0 Å². The molecule has 2 rings (SSSR count). The Morgan fingerprint density at radius 2 is 1.88 bits per heavy atom. The van der Waals surface area contributed by atoms with Crippen molar-refractivity contribution in [2.75, 3.05) is 18.8 Å². The Balaban J connectivity index is 1.86. The monoisotopic (exact) mass is 251 g/mol. The van der Waals surface area contributed by atoms with E-state index in [0.29, 0.717) is 5.75 Å². The summed E-state index contributed by atoms with van der Waals surface area (Å²) in [6, 6.07) is 6.58. The molecule has 17 heavy (non-hydrogen) atoms. The highest BCUT2D eigenvalue weighted by Gasteiger charge is 2.19. The van der Waals surface area contributed by atoms with E-state index in [1.165, 1.54) is 11.8 Å². The number of benzene rings is 1. The van der Waals surface area contributed by atoms with Gasteiger partial charge in [-0.1, -0.05) is 0 Å². The fourth-order valence-electron chi connectivity index (χ4n) is 1.50.